The molecule has 28 heavy (non-hydrogen) atoms. The number of thioether (sulfide) groups is 1. The van der Waals surface area contributed by atoms with Crippen molar-refractivity contribution in [1.29, 1.82) is 0 Å². The maximum Gasteiger partial charge on any atom is 0.456 e. The standard InChI is InChI=1S/C21H29F5OS/c1-17-10-16-15(28-16)9-11(17)3-4-12-13(17)5-7-18(2)14(12)6-8-19(18,27)20(22,23)21(24,25)26/h11-16,27H,3-10H2,1-2H3/t11-,12?,13?,14?,15-,16+,17+,18+,19+/m1/s1. The van der Waals surface area contributed by atoms with Gasteiger partial charge in [0, 0.05) is 15.9 Å². The number of hydrogen-bond acceptors (Lipinski definition) is 2. The van der Waals surface area contributed by atoms with Gasteiger partial charge in [0.05, 0.1) is 0 Å². The lowest BCUT2D eigenvalue weighted by atomic mass is 9.44. The van der Waals surface area contributed by atoms with Gasteiger partial charge in [0.25, 0.3) is 0 Å². The molecular formula is C21H29F5OS. The van der Waals surface area contributed by atoms with Crippen LogP contribution in [0, 0.1) is 34.5 Å². The normalized spacial score (nSPS) is 55.7. The predicted molar refractivity (Wildman–Crippen MR) is 98.2 cm³/mol. The van der Waals surface area contributed by atoms with Crippen molar-refractivity contribution in [3.63, 3.8) is 0 Å². The summed E-state index contributed by atoms with van der Waals surface area (Å²) in [5.74, 6) is -4.09. The first-order valence-electron chi connectivity index (χ1n) is 10.7. The maximum atomic E-state index is 14.5. The number of aliphatic hydroxyl groups is 1. The Hall–Kier alpha value is -0.0400. The zero-order valence-corrected chi connectivity index (χ0v) is 17.2. The first kappa shape index (κ1) is 19.9. The Kier molecular flexibility index (Phi) is 3.98. The quantitative estimate of drug-likeness (QED) is 0.408. The highest BCUT2D eigenvalue weighted by molar-refractivity contribution is 8.07. The number of halogens is 5. The fourth-order valence-corrected chi connectivity index (χ4v) is 9.65. The fraction of sp³-hybridized carbons (Fsp3) is 1.00. The van der Waals surface area contributed by atoms with Crippen LogP contribution >= 0.6 is 11.8 Å². The summed E-state index contributed by atoms with van der Waals surface area (Å²) in [4.78, 5) is 0. The van der Waals surface area contributed by atoms with Crippen LogP contribution in [0.1, 0.15) is 65.2 Å². The average Bonchev–Trinajstić information content (AvgIpc) is 3.27. The molecular weight excluding hydrogens is 395 g/mol. The van der Waals surface area contributed by atoms with Gasteiger partial charge in [-0.1, -0.05) is 13.8 Å². The Morgan fingerprint density at radius 3 is 2.25 bits per heavy atom. The molecule has 1 heterocycles. The van der Waals surface area contributed by atoms with Crippen molar-refractivity contribution in [2.75, 3.05) is 0 Å². The van der Waals surface area contributed by atoms with Crippen LogP contribution < -0.4 is 0 Å². The van der Waals surface area contributed by atoms with Crippen LogP contribution in [0.3, 0.4) is 0 Å². The van der Waals surface area contributed by atoms with Crippen LogP contribution in [0.2, 0.25) is 0 Å². The molecule has 4 aliphatic carbocycles. The number of hydrogen-bond donors (Lipinski definition) is 1. The third-order valence-electron chi connectivity index (χ3n) is 9.94. The van der Waals surface area contributed by atoms with Gasteiger partial charge in [0.2, 0.25) is 0 Å². The second-order valence-corrected chi connectivity index (χ2v) is 12.2. The van der Waals surface area contributed by atoms with E-state index in [1.807, 2.05) is 0 Å². The first-order valence-corrected chi connectivity index (χ1v) is 11.6. The molecule has 160 valence electrons. The molecule has 5 fully saturated rings. The molecule has 1 N–H and O–H groups in total. The van der Waals surface area contributed by atoms with Gasteiger partial charge in [-0.25, -0.2) is 0 Å². The van der Waals surface area contributed by atoms with Gasteiger partial charge >= 0.3 is 12.1 Å². The Labute approximate surface area is 167 Å². The average molecular weight is 425 g/mol. The topological polar surface area (TPSA) is 20.2 Å². The van der Waals surface area contributed by atoms with Crippen molar-refractivity contribution in [1.82, 2.24) is 0 Å². The highest BCUT2D eigenvalue weighted by atomic mass is 32.2. The van der Waals surface area contributed by atoms with Crippen LogP contribution in [0.25, 0.3) is 0 Å². The second kappa shape index (κ2) is 5.60. The number of rotatable bonds is 1. The SMILES string of the molecule is C[C@]12CCC3C(CC[C@@H]4C[C@H]5S[C@H]5C[C@]34C)C1CC[C@@]2(O)C(F)(F)C(F)(F)F. The van der Waals surface area contributed by atoms with E-state index in [4.69, 9.17) is 0 Å². The summed E-state index contributed by atoms with van der Waals surface area (Å²) in [7, 11) is 0. The zero-order chi connectivity index (χ0) is 20.3. The lowest BCUT2D eigenvalue weighted by Crippen LogP contribution is -2.66. The van der Waals surface area contributed by atoms with Crippen LogP contribution in [0.15, 0.2) is 0 Å². The molecule has 3 unspecified atom stereocenters. The lowest BCUT2D eigenvalue weighted by Gasteiger charge is -2.61. The summed E-state index contributed by atoms with van der Waals surface area (Å²) >= 11 is 2.06. The van der Waals surface area contributed by atoms with E-state index in [1.54, 1.807) is 0 Å². The van der Waals surface area contributed by atoms with Gasteiger partial charge < -0.3 is 5.11 Å². The van der Waals surface area contributed by atoms with E-state index in [2.05, 4.69) is 18.7 Å². The van der Waals surface area contributed by atoms with Gasteiger partial charge in [-0.05, 0) is 80.5 Å². The summed E-state index contributed by atoms with van der Waals surface area (Å²) in [6.07, 6.45) is -0.572. The van der Waals surface area contributed by atoms with E-state index >= 15 is 0 Å². The zero-order valence-electron chi connectivity index (χ0n) is 16.4. The van der Waals surface area contributed by atoms with E-state index in [0.29, 0.717) is 18.3 Å². The van der Waals surface area contributed by atoms with Crippen molar-refractivity contribution in [2.24, 2.45) is 34.5 Å². The van der Waals surface area contributed by atoms with Gasteiger partial charge in [0.1, 0.15) is 5.60 Å². The van der Waals surface area contributed by atoms with Crippen LogP contribution in [0.5, 0.6) is 0 Å². The third kappa shape index (κ3) is 2.24. The Morgan fingerprint density at radius 1 is 0.893 bits per heavy atom. The van der Waals surface area contributed by atoms with Gasteiger partial charge in [-0.3, -0.25) is 0 Å². The maximum absolute atomic E-state index is 14.5. The van der Waals surface area contributed by atoms with Crippen molar-refractivity contribution >= 4 is 11.8 Å². The van der Waals surface area contributed by atoms with E-state index in [-0.39, 0.29) is 30.1 Å². The largest absolute Gasteiger partial charge is 0.456 e. The molecule has 7 heteroatoms. The fourth-order valence-electron chi connectivity index (χ4n) is 8.29. The summed E-state index contributed by atoms with van der Waals surface area (Å²) in [5.41, 5.74) is -4.18. The van der Waals surface area contributed by atoms with Gasteiger partial charge in [-0.2, -0.15) is 33.7 Å². The minimum absolute atomic E-state index is 0.165. The Bertz CT molecular complexity index is 682. The monoisotopic (exact) mass is 424 g/mol. The minimum atomic E-state index is -5.72. The molecule has 0 amide bonds. The van der Waals surface area contributed by atoms with E-state index in [0.717, 1.165) is 23.3 Å². The van der Waals surface area contributed by atoms with Crippen LogP contribution in [-0.2, 0) is 0 Å². The summed E-state index contributed by atoms with van der Waals surface area (Å²) in [5, 5.41) is 12.4. The van der Waals surface area contributed by atoms with Gasteiger partial charge in [-0.15, -0.1) is 0 Å². The first-order chi connectivity index (χ1) is 12.9. The molecule has 0 aromatic rings. The Morgan fingerprint density at radius 2 is 1.57 bits per heavy atom. The van der Waals surface area contributed by atoms with Crippen molar-refractivity contribution in [3.05, 3.63) is 0 Å². The molecule has 9 atom stereocenters. The van der Waals surface area contributed by atoms with Crippen LogP contribution in [-0.4, -0.2) is 33.3 Å². The van der Waals surface area contributed by atoms with Gasteiger partial charge in [0.15, 0.2) is 0 Å². The molecule has 0 aromatic carbocycles. The molecule has 5 rings (SSSR count). The number of fused-ring (bicyclic) bond motifs is 6. The molecule has 5 aliphatic rings. The molecule has 4 saturated carbocycles. The molecule has 1 nitrogen and oxygen atoms in total. The van der Waals surface area contributed by atoms with E-state index in [1.165, 1.54) is 19.8 Å². The van der Waals surface area contributed by atoms with E-state index < -0.39 is 29.5 Å². The molecule has 0 spiro atoms. The molecule has 0 radical (unpaired) electrons. The summed E-state index contributed by atoms with van der Waals surface area (Å²) < 4.78 is 68.6. The highest BCUT2D eigenvalue weighted by Crippen LogP contribution is 2.73. The Balaban J connectivity index is 1.47. The smallest absolute Gasteiger partial charge is 0.383 e. The van der Waals surface area contributed by atoms with Crippen molar-refractivity contribution < 1.29 is 27.1 Å². The molecule has 0 bridgehead atoms. The number of alkyl halides is 5. The third-order valence-corrected chi connectivity index (χ3v) is 11.3. The van der Waals surface area contributed by atoms with Crippen molar-refractivity contribution in [2.45, 2.75) is 93.4 Å². The lowest BCUT2D eigenvalue weighted by molar-refractivity contribution is -0.364. The molecule has 1 saturated heterocycles. The minimum Gasteiger partial charge on any atom is -0.383 e. The van der Waals surface area contributed by atoms with Crippen LogP contribution in [0.4, 0.5) is 22.0 Å². The summed E-state index contributed by atoms with van der Waals surface area (Å²) in [6, 6.07) is 0. The highest BCUT2D eigenvalue weighted by Gasteiger charge is 2.79. The van der Waals surface area contributed by atoms with E-state index in [9.17, 15) is 27.1 Å². The predicted octanol–water partition coefficient (Wildman–Crippen LogP) is 6.05. The molecule has 1 aliphatic heterocycles. The van der Waals surface area contributed by atoms with Crippen molar-refractivity contribution in [3.8, 4) is 0 Å². The summed E-state index contributed by atoms with van der Waals surface area (Å²) in [6.45, 7) is 3.88. The molecule has 0 aromatic heterocycles. The second-order valence-electron chi connectivity index (χ2n) is 10.7.